The van der Waals surface area contributed by atoms with E-state index < -0.39 is 11.6 Å². The molecular formula is C11H7Br2F2N3O. The molecule has 0 aliphatic carbocycles. The van der Waals surface area contributed by atoms with Crippen LogP contribution in [0.2, 0.25) is 0 Å². The van der Waals surface area contributed by atoms with Crippen LogP contribution in [0.5, 0.6) is 5.88 Å². The summed E-state index contributed by atoms with van der Waals surface area (Å²) in [7, 11) is 1.45. The highest BCUT2D eigenvalue weighted by Gasteiger charge is 2.11. The summed E-state index contributed by atoms with van der Waals surface area (Å²) in [5.74, 6) is -0.986. The van der Waals surface area contributed by atoms with E-state index in [0.717, 1.165) is 6.07 Å². The minimum atomic E-state index is -0.744. The number of nitrogens with zero attached hydrogens (tertiary/aromatic N) is 2. The Labute approximate surface area is 124 Å². The third-order valence-corrected chi connectivity index (χ3v) is 3.31. The Morgan fingerprint density at radius 2 is 1.89 bits per heavy atom. The van der Waals surface area contributed by atoms with Gasteiger partial charge in [-0.2, -0.15) is 4.98 Å². The lowest BCUT2D eigenvalue weighted by Gasteiger charge is -2.08. The van der Waals surface area contributed by atoms with Crippen molar-refractivity contribution in [3.05, 3.63) is 38.9 Å². The highest BCUT2D eigenvalue weighted by Crippen LogP contribution is 2.27. The summed E-state index contributed by atoms with van der Waals surface area (Å²) in [6, 6.07) is 2.03. The largest absolute Gasteiger partial charge is 0.480 e. The van der Waals surface area contributed by atoms with E-state index in [0.29, 0.717) is 10.4 Å². The molecule has 100 valence electrons. The molecule has 0 atom stereocenters. The number of halogens is 4. The summed E-state index contributed by atoms with van der Waals surface area (Å²) in [6.07, 6.45) is 1.46. The van der Waals surface area contributed by atoms with Gasteiger partial charge in [-0.3, -0.25) is 0 Å². The predicted octanol–water partition coefficient (Wildman–Crippen LogP) is 4.03. The average Bonchev–Trinajstić information content (AvgIpc) is 2.38. The van der Waals surface area contributed by atoms with Crippen LogP contribution in [0.25, 0.3) is 0 Å². The van der Waals surface area contributed by atoms with E-state index in [2.05, 4.69) is 47.1 Å². The summed E-state index contributed by atoms with van der Waals surface area (Å²) in [5, 5.41) is 2.65. The maximum Gasteiger partial charge on any atom is 0.232 e. The van der Waals surface area contributed by atoms with Crippen LogP contribution in [0.4, 0.5) is 20.4 Å². The molecule has 0 unspecified atom stereocenters. The minimum Gasteiger partial charge on any atom is -0.480 e. The van der Waals surface area contributed by atoms with Crippen LogP contribution in [-0.4, -0.2) is 17.1 Å². The fraction of sp³-hybridized carbons (Fsp3) is 0.0909. The first-order valence-corrected chi connectivity index (χ1v) is 6.58. The maximum atomic E-state index is 13.6. The molecular weight excluding hydrogens is 388 g/mol. The van der Waals surface area contributed by atoms with Gasteiger partial charge in [-0.05, 0) is 37.9 Å². The monoisotopic (exact) mass is 393 g/mol. The maximum absolute atomic E-state index is 13.6. The topological polar surface area (TPSA) is 47.0 Å². The van der Waals surface area contributed by atoms with E-state index in [9.17, 15) is 8.78 Å². The summed E-state index contributed by atoms with van der Waals surface area (Å²) in [5.41, 5.74) is 0.0534. The number of hydrogen-bond acceptors (Lipinski definition) is 4. The quantitative estimate of drug-likeness (QED) is 0.798. The summed E-state index contributed by atoms with van der Waals surface area (Å²) < 4.78 is 32.4. The SMILES string of the molecule is COc1nc(Nc2cc(Br)c(F)cc2F)ncc1Br. The second-order valence-corrected chi connectivity index (χ2v) is 5.13. The molecule has 8 heteroatoms. The number of benzene rings is 1. The lowest BCUT2D eigenvalue weighted by molar-refractivity contribution is 0.394. The van der Waals surface area contributed by atoms with Gasteiger partial charge in [0.1, 0.15) is 11.6 Å². The van der Waals surface area contributed by atoms with E-state index in [1.807, 2.05) is 0 Å². The average molecular weight is 395 g/mol. The van der Waals surface area contributed by atoms with E-state index in [1.54, 1.807) is 0 Å². The van der Waals surface area contributed by atoms with Gasteiger partial charge in [-0.1, -0.05) is 0 Å². The van der Waals surface area contributed by atoms with Crippen molar-refractivity contribution in [1.82, 2.24) is 9.97 Å². The van der Waals surface area contributed by atoms with Crippen molar-refractivity contribution in [1.29, 1.82) is 0 Å². The fourth-order valence-electron chi connectivity index (χ4n) is 1.29. The number of ether oxygens (including phenoxy) is 1. The molecule has 0 spiro atoms. The summed E-state index contributed by atoms with van der Waals surface area (Å²) in [4.78, 5) is 7.96. The molecule has 0 aliphatic heterocycles. The van der Waals surface area contributed by atoms with Crippen molar-refractivity contribution in [3.8, 4) is 5.88 Å². The normalized spacial score (nSPS) is 10.4. The first-order valence-electron chi connectivity index (χ1n) is 4.99. The molecule has 1 aromatic carbocycles. The van der Waals surface area contributed by atoms with Crippen LogP contribution in [0.1, 0.15) is 0 Å². The lowest BCUT2D eigenvalue weighted by Crippen LogP contribution is -2.01. The molecule has 1 aromatic heterocycles. The Hall–Kier alpha value is -1.28. The highest BCUT2D eigenvalue weighted by atomic mass is 79.9. The molecule has 0 aliphatic rings. The van der Waals surface area contributed by atoms with Gasteiger partial charge in [-0.25, -0.2) is 13.8 Å². The second kappa shape index (κ2) is 5.79. The van der Waals surface area contributed by atoms with Gasteiger partial charge in [0.2, 0.25) is 11.8 Å². The van der Waals surface area contributed by atoms with Crippen molar-refractivity contribution < 1.29 is 13.5 Å². The number of rotatable bonds is 3. The molecule has 2 aromatic rings. The molecule has 0 saturated heterocycles. The Bertz CT molecular complexity index is 625. The van der Waals surface area contributed by atoms with Gasteiger partial charge < -0.3 is 10.1 Å². The van der Waals surface area contributed by atoms with Crippen molar-refractivity contribution in [2.24, 2.45) is 0 Å². The van der Waals surface area contributed by atoms with E-state index >= 15 is 0 Å². The van der Waals surface area contributed by atoms with Crippen molar-refractivity contribution in [3.63, 3.8) is 0 Å². The number of aromatic nitrogens is 2. The van der Waals surface area contributed by atoms with Gasteiger partial charge in [0.05, 0.1) is 27.9 Å². The highest BCUT2D eigenvalue weighted by molar-refractivity contribution is 9.10. The van der Waals surface area contributed by atoms with Crippen LogP contribution in [0.15, 0.2) is 27.3 Å². The minimum absolute atomic E-state index is 0.0534. The van der Waals surface area contributed by atoms with Crippen LogP contribution in [0.3, 0.4) is 0 Å². The van der Waals surface area contributed by atoms with Crippen LogP contribution in [-0.2, 0) is 0 Å². The fourth-order valence-corrected chi connectivity index (χ4v) is 1.99. The first kappa shape index (κ1) is 14.1. The summed E-state index contributed by atoms with van der Waals surface area (Å²) in [6.45, 7) is 0. The van der Waals surface area contributed by atoms with E-state index in [4.69, 9.17) is 4.74 Å². The van der Waals surface area contributed by atoms with E-state index in [-0.39, 0.29) is 16.1 Å². The molecule has 0 bridgehead atoms. The number of anilines is 2. The Morgan fingerprint density at radius 1 is 1.16 bits per heavy atom. The van der Waals surface area contributed by atoms with Gasteiger partial charge in [0.15, 0.2) is 0 Å². The second-order valence-electron chi connectivity index (χ2n) is 3.42. The Balaban J connectivity index is 2.33. The zero-order valence-electron chi connectivity index (χ0n) is 9.55. The van der Waals surface area contributed by atoms with Crippen molar-refractivity contribution in [2.45, 2.75) is 0 Å². The molecule has 0 saturated carbocycles. The van der Waals surface area contributed by atoms with Crippen LogP contribution >= 0.6 is 31.9 Å². The zero-order chi connectivity index (χ0) is 14.0. The van der Waals surface area contributed by atoms with Crippen LogP contribution < -0.4 is 10.1 Å². The third kappa shape index (κ3) is 3.19. The molecule has 0 radical (unpaired) electrons. The van der Waals surface area contributed by atoms with Gasteiger partial charge in [-0.15, -0.1) is 0 Å². The molecule has 19 heavy (non-hydrogen) atoms. The smallest absolute Gasteiger partial charge is 0.232 e. The number of methoxy groups -OCH3 is 1. The number of nitrogens with one attached hydrogen (secondary N) is 1. The zero-order valence-corrected chi connectivity index (χ0v) is 12.7. The first-order chi connectivity index (χ1) is 9.01. The molecule has 1 heterocycles. The molecule has 0 fully saturated rings. The lowest BCUT2D eigenvalue weighted by atomic mass is 10.3. The van der Waals surface area contributed by atoms with Gasteiger partial charge >= 0.3 is 0 Å². The standard InChI is InChI=1S/C11H7Br2F2N3O/c1-19-10-6(13)4-16-11(18-10)17-9-2-5(12)7(14)3-8(9)15/h2-4H,1H3,(H,16,17,18). The predicted molar refractivity (Wildman–Crippen MR) is 73.6 cm³/mol. The van der Waals surface area contributed by atoms with Crippen LogP contribution in [0, 0.1) is 11.6 Å². The third-order valence-electron chi connectivity index (χ3n) is 2.16. The molecule has 2 rings (SSSR count). The molecule has 1 N–H and O–H groups in total. The number of hydrogen-bond donors (Lipinski definition) is 1. The van der Waals surface area contributed by atoms with Crippen molar-refractivity contribution >= 4 is 43.5 Å². The van der Waals surface area contributed by atoms with Gasteiger partial charge in [0, 0.05) is 6.07 Å². The van der Waals surface area contributed by atoms with E-state index in [1.165, 1.54) is 19.4 Å². The molecule has 0 amide bonds. The van der Waals surface area contributed by atoms with Gasteiger partial charge in [0.25, 0.3) is 0 Å². The molecule has 4 nitrogen and oxygen atoms in total. The Kier molecular flexibility index (Phi) is 4.31. The Morgan fingerprint density at radius 3 is 2.58 bits per heavy atom. The van der Waals surface area contributed by atoms with Crippen molar-refractivity contribution in [2.75, 3.05) is 12.4 Å². The summed E-state index contributed by atoms with van der Waals surface area (Å²) >= 11 is 6.18.